The molecular formula is C10H19NO2. The maximum Gasteiger partial charge on any atom is 0.334 e. The van der Waals surface area contributed by atoms with E-state index in [9.17, 15) is 4.79 Å². The van der Waals surface area contributed by atoms with Crippen LogP contribution in [0.2, 0.25) is 0 Å². The van der Waals surface area contributed by atoms with E-state index in [2.05, 4.69) is 0 Å². The van der Waals surface area contributed by atoms with E-state index < -0.39 is 0 Å². The first kappa shape index (κ1) is 12.2. The summed E-state index contributed by atoms with van der Waals surface area (Å²) in [5, 5.41) is 0. The Labute approximate surface area is 79.9 Å². The lowest BCUT2D eigenvalue weighted by Crippen LogP contribution is -2.22. The standard InChI is InChI=1S/C10H19NO2/c1-5-8(10(2,3)4)9(12)13-7-6-11/h5H,6-7,11H2,1-4H3. The summed E-state index contributed by atoms with van der Waals surface area (Å²) in [4.78, 5) is 11.4. The summed E-state index contributed by atoms with van der Waals surface area (Å²) in [5.74, 6) is -0.263. The highest BCUT2D eigenvalue weighted by atomic mass is 16.5. The average molecular weight is 185 g/mol. The monoisotopic (exact) mass is 185 g/mol. The van der Waals surface area contributed by atoms with Crippen molar-refractivity contribution >= 4 is 5.97 Å². The van der Waals surface area contributed by atoms with Crippen molar-refractivity contribution in [2.24, 2.45) is 11.1 Å². The van der Waals surface area contributed by atoms with Gasteiger partial charge in [-0.2, -0.15) is 0 Å². The molecule has 0 aliphatic rings. The SMILES string of the molecule is CC=C(C(=O)OCCN)C(C)(C)C. The zero-order valence-electron chi connectivity index (χ0n) is 8.89. The van der Waals surface area contributed by atoms with Gasteiger partial charge in [-0.3, -0.25) is 0 Å². The number of ether oxygens (including phenoxy) is 1. The van der Waals surface area contributed by atoms with E-state index >= 15 is 0 Å². The van der Waals surface area contributed by atoms with Crippen molar-refractivity contribution in [3.63, 3.8) is 0 Å². The Balaban J connectivity index is 4.36. The van der Waals surface area contributed by atoms with E-state index in [4.69, 9.17) is 10.5 Å². The number of nitrogens with two attached hydrogens (primary N) is 1. The maximum atomic E-state index is 11.4. The molecule has 0 atom stereocenters. The lowest BCUT2D eigenvalue weighted by Gasteiger charge is -2.20. The molecule has 76 valence electrons. The number of hydrogen-bond donors (Lipinski definition) is 1. The third kappa shape index (κ3) is 4.08. The Morgan fingerprint density at radius 2 is 2.00 bits per heavy atom. The largest absolute Gasteiger partial charge is 0.461 e. The van der Waals surface area contributed by atoms with Gasteiger partial charge in [-0.05, 0) is 12.3 Å². The molecule has 0 bridgehead atoms. The van der Waals surface area contributed by atoms with Gasteiger partial charge in [0.15, 0.2) is 0 Å². The maximum absolute atomic E-state index is 11.4. The van der Waals surface area contributed by atoms with Crippen LogP contribution in [0.25, 0.3) is 0 Å². The van der Waals surface area contributed by atoms with Crippen LogP contribution in [0, 0.1) is 5.41 Å². The fourth-order valence-electron chi connectivity index (χ4n) is 1.09. The normalized spacial score (nSPS) is 12.8. The summed E-state index contributed by atoms with van der Waals surface area (Å²) in [6.07, 6.45) is 1.79. The van der Waals surface area contributed by atoms with Gasteiger partial charge in [-0.25, -0.2) is 4.79 Å². The predicted octanol–water partition coefficient (Wildman–Crippen LogP) is 1.48. The van der Waals surface area contributed by atoms with Gasteiger partial charge in [0.25, 0.3) is 0 Å². The molecule has 0 rings (SSSR count). The topological polar surface area (TPSA) is 52.3 Å². The van der Waals surface area contributed by atoms with Gasteiger partial charge in [0.05, 0.1) is 0 Å². The number of hydrogen-bond acceptors (Lipinski definition) is 3. The van der Waals surface area contributed by atoms with E-state index in [0.29, 0.717) is 12.1 Å². The highest BCUT2D eigenvalue weighted by Gasteiger charge is 2.23. The molecule has 0 amide bonds. The summed E-state index contributed by atoms with van der Waals surface area (Å²) < 4.78 is 4.94. The number of rotatable bonds is 3. The molecule has 3 heteroatoms. The van der Waals surface area contributed by atoms with Gasteiger partial charge in [0, 0.05) is 12.1 Å². The summed E-state index contributed by atoms with van der Waals surface area (Å²) in [6, 6.07) is 0. The van der Waals surface area contributed by atoms with Gasteiger partial charge in [-0.15, -0.1) is 0 Å². The lowest BCUT2D eigenvalue weighted by atomic mass is 9.86. The molecular weight excluding hydrogens is 166 g/mol. The summed E-state index contributed by atoms with van der Waals surface area (Å²) >= 11 is 0. The third-order valence-corrected chi connectivity index (χ3v) is 1.67. The van der Waals surface area contributed by atoms with E-state index in [0.717, 1.165) is 0 Å². The van der Waals surface area contributed by atoms with Crippen molar-refractivity contribution in [1.29, 1.82) is 0 Å². The van der Waals surface area contributed by atoms with E-state index in [1.54, 1.807) is 6.08 Å². The van der Waals surface area contributed by atoms with Crippen LogP contribution in [0.1, 0.15) is 27.7 Å². The lowest BCUT2D eigenvalue weighted by molar-refractivity contribution is -0.139. The number of carbonyl (C=O) groups excluding carboxylic acids is 1. The van der Waals surface area contributed by atoms with Crippen molar-refractivity contribution in [3.05, 3.63) is 11.6 Å². The summed E-state index contributed by atoms with van der Waals surface area (Å²) in [6.45, 7) is 8.42. The number of esters is 1. The first-order chi connectivity index (χ1) is 5.93. The van der Waals surface area contributed by atoms with Crippen LogP contribution in [-0.2, 0) is 9.53 Å². The van der Waals surface area contributed by atoms with Crippen molar-refractivity contribution in [2.75, 3.05) is 13.2 Å². The van der Waals surface area contributed by atoms with E-state index in [-0.39, 0.29) is 18.0 Å². The van der Waals surface area contributed by atoms with Crippen molar-refractivity contribution < 1.29 is 9.53 Å². The zero-order chi connectivity index (χ0) is 10.5. The minimum Gasteiger partial charge on any atom is -0.461 e. The first-order valence-corrected chi connectivity index (χ1v) is 4.47. The second-order valence-electron chi connectivity index (χ2n) is 3.88. The van der Waals surface area contributed by atoms with Crippen LogP contribution in [0.15, 0.2) is 11.6 Å². The van der Waals surface area contributed by atoms with Crippen LogP contribution in [-0.4, -0.2) is 19.1 Å². The third-order valence-electron chi connectivity index (χ3n) is 1.67. The molecule has 0 saturated heterocycles. The van der Waals surface area contributed by atoms with E-state index in [1.807, 2.05) is 27.7 Å². The number of allylic oxidation sites excluding steroid dienone is 1. The highest BCUT2D eigenvalue weighted by Crippen LogP contribution is 2.25. The molecule has 3 nitrogen and oxygen atoms in total. The predicted molar refractivity (Wildman–Crippen MR) is 53.2 cm³/mol. The van der Waals surface area contributed by atoms with Crippen LogP contribution < -0.4 is 5.73 Å². The zero-order valence-corrected chi connectivity index (χ0v) is 8.89. The molecule has 0 fully saturated rings. The Kier molecular flexibility index (Phi) is 4.70. The molecule has 2 N–H and O–H groups in total. The van der Waals surface area contributed by atoms with Crippen molar-refractivity contribution in [3.8, 4) is 0 Å². The Bertz CT molecular complexity index is 201. The van der Waals surface area contributed by atoms with E-state index in [1.165, 1.54) is 0 Å². The van der Waals surface area contributed by atoms with Crippen LogP contribution >= 0.6 is 0 Å². The molecule has 0 aromatic rings. The Morgan fingerprint density at radius 1 is 1.46 bits per heavy atom. The molecule has 0 saturated carbocycles. The first-order valence-electron chi connectivity index (χ1n) is 4.47. The van der Waals surface area contributed by atoms with Crippen LogP contribution in [0.4, 0.5) is 0 Å². The summed E-state index contributed by atoms with van der Waals surface area (Å²) in [5.41, 5.74) is 5.76. The van der Waals surface area contributed by atoms with Crippen molar-refractivity contribution in [2.45, 2.75) is 27.7 Å². The van der Waals surface area contributed by atoms with Gasteiger partial charge < -0.3 is 10.5 Å². The van der Waals surface area contributed by atoms with Crippen LogP contribution in [0.5, 0.6) is 0 Å². The molecule has 0 heterocycles. The Morgan fingerprint density at radius 3 is 2.31 bits per heavy atom. The summed E-state index contributed by atoms with van der Waals surface area (Å²) in [7, 11) is 0. The fourth-order valence-corrected chi connectivity index (χ4v) is 1.09. The van der Waals surface area contributed by atoms with Gasteiger partial charge in [-0.1, -0.05) is 26.8 Å². The molecule has 0 aromatic carbocycles. The quantitative estimate of drug-likeness (QED) is 0.535. The molecule has 0 spiro atoms. The fraction of sp³-hybridized carbons (Fsp3) is 0.700. The highest BCUT2D eigenvalue weighted by molar-refractivity contribution is 5.89. The second-order valence-corrected chi connectivity index (χ2v) is 3.88. The Hall–Kier alpha value is -0.830. The smallest absolute Gasteiger partial charge is 0.334 e. The minimum absolute atomic E-state index is 0.166. The second kappa shape index (κ2) is 5.02. The molecule has 13 heavy (non-hydrogen) atoms. The minimum atomic E-state index is -0.263. The molecule has 0 unspecified atom stereocenters. The molecule has 0 aliphatic heterocycles. The van der Waals surface area contributed by atoms with Gasteiger partial charge in [0.1, 0.15) is 6.61 Å². The molecule has 0 radical (unpaired) electrons. The number of carbonyl (C=O) groups is 1. The van der Waals surface area contributed by atoms with Gasteiger partial charge in [0.2, 0.25) is 0 Å². The van der Waals surface area contributed by atoms with Crippen molar-refractivity contribution in [1.82, 2.24) is 0 Å². The molecule has 0 aromatic heterocycles. The van der Waals surface area contributed by atoms with Gasteiger partial charge >= 0.3 is 5.97 Å². The molecule has 0 aliphatic carbocycles. The van der Waals surface area contributed by atoms with Crippen LogP contribution in [0.3, 0.4) is 0 Å². The average Bonchev–Trinajstić information content (AvgIpc) is 1.99.